The van der Waals surface area contributed by atoms with Crippen LogP contribution < -0.4 is 11.3 Å². The first-order chi connectivity index (χ1) is 11.5. The molecular weight excluding hydrogens is 312 g/mol. The molecule has 0 bridgehead atoms. The maximum atomic E-state index is 12.2. The van der Waals surface area contributed by atoms with E-state index in [2.05, 4.69) is 0 Å². The van der Waals surface area contributed by atoms with Crippen LogP contribution in [-0.2, 0) is 0 Å². The van der Waals surface area contributed by atoms with Gasteiger partial charge in [0.25, 0.3) is 0 Å². The first-order valence-electron chi connectivity index (χ1n) is 7.05. The van der Waals surface area contributed by atoms with Crippen LogP contribution in [0.25, 0.3) is 33.1 Å². The molecule has 2 N–H and O–H groups in total. The largest absolute Gasteiger partial charge is 0.508 e. The second-order valence-electron chi connectivity index (χ2n) is 5.34. The summed E-state index contributed by atoms with van der Waals surface area (Å²) in [5, 5.41) is 20.0. The Morgan fingerprint density at radius 2 is 1.04 bits per heavy atom. The third-order valence-corrected chi connectivity index (χ3v) is 3.73. The Morgan fingerprint density at radius 1 is 0.625 bits per heavy atom. The molecular formula is C18H10O6. The van der Waals surface area contributed by atoms with Crippen molar-refractivity contribution in [2.45, 2.75) is 0 Å². The molecule has 2 aromatic heterocycles. The van der Waals surface area contributed by atoms with Crippen molar-refractivity contribution in [3.63, 3.8) is 0 Å². The van der Waals surface area contributed by atoms with E-state index in [9.17, 15) is 19.8 Å². The maximum absolute atomic E-state index is 12.2. The van der Waals surface area contributed by atoms with Gasteiger partial charge in [-0.25, -0.2) is 9.59 Å². The minimum absolute atomic E-state index is 0.0246. The maximum Gasteiger partial charge on any atom is 0.344 e. The number of phenolic OH excluding ortho intramolecular Hbond substituents is 2. The zero-order valence-electron chi connectivity index (χ0n) is 12.1. The molecule has 118 valence electrons. The highest BCUT2D eigenvalue weighted by atomic mass is 16.4. The molecule has 2 aromatic carbocycles. The van der Waals surface area contributed by atoms with Gasteiger partial charge in [-0.3, -0.25) is 0 Å². The van der Waals surface area contributed by atoms with E-state index < -0.39 is 11.3 Å². The van der Waals surface area contributed by atoms with Gasteiger partial charge in [0.1, 0.15) is 22.7 Å². The van der Waals surface area contributed by atoms with Crippen LogP contribution in [0.5, 0.6) is 11.5 Å². The van der Waals surface area contributed by atoms with Crippen molar-refractivity contribution < 1.29 is 19.0 Å². The molecule has 0 saturated carbocycles. The predicted octanol–water partition coefficient (Wildman–Crippen LogP) is 2.98. The topological polar surface area (TPSA) is 101 Å². The van der Waals surface area contributed by atoms with E-state index >= 15 is 0 Å². The Labute approximate surface area is 133 Å². The van der Waals surface area contributed by atoms with Gasteiger partial charge in [-0.2, -0.15) is 0 Å². The number of phenols is 2. The average Bonchev–Trinajstić information content (AvgIpc) is 2.53. The molecule has 4 aromatic rings. The molecule has 6 heteroatoms. The molecule has 24 heavy (non-hydrogen) atoms. The smallest absolute Gasteiger partial charge is 0.344 e. The summed E-state index contributed by atoms with van der Waals surface area (Å²) in [4.78, 5) is 24.4. The van der Waals surface area contributed by atoms with E-state index in [1.807, 2.05) is 0 Å². The van der Waals surface area contributed by atoms with Gasteiger partial charge in [0.05, 0.1) is 11.1 Å². The summed E-state index contributed by atoms with van der Waals surface area (Å²) in [6, 6.07) is 11.8. The van der Waals surface area contributed by atoms with Crippen molar-refractivity contribution in [2.24, 2.45) is 0 Å². The molecule has 4 rings (SSSR count). The van der Waals surface area contributed by atoms with Crippen molar-refractivity contribution in [3.05, 3.63) is 69.4 Å². The number of aromatic hydroxyl groups is 2. The molecule has 6 nitrogen and oxygen atoms in total. The molecule has 0 amide bonds. The second-order valence-corrected chi connectivity index (χ2v) is 5.34. The summed E-state index contributed by atoms with van der Waals surface area (Å²) >= 11 is 0. The Balaban J connectivity index is 2.02. The summed E-state index contributed by atoms with van der Waals surface area (Å²) in [5.74, 6) is -0.0492. The number of fused-ring (bicyclic) bond motifs is 2. The van der Waals surface area contributed by atoms with Gasteiger partial charge in [-0.05, 0) is 36.4 Å². The zero-order valence-corrected chi connectivity index (χ0v) is 12.1. The lowest BCUT2D eigenvalue weighted by molar-refractivity contribution is 0.472. The molecule has 0 aliphatic rings. The first-order valence-corrected chi connectivity index (χ1v) is 7.05. The van der Waals surface area contributed by atoms with Gasteiger partial charge in [0.2, 0.25) is 0 Å². The quantitative estimate of drug-likeness (QED) is 0.522. The van der Waals surface area contributed by atoms with Crippen LogP contribution in [0.3, 0.4) is 0 Å². The van der Waals surface area contributed by atoms with Crippen molar-refractivity contribution in [1.29, 1.82) is 0 Å². The summed E-state index contributed by atoms with van der Waals surface area (Å²) < 4.78 is 10.4. The Bertz CT molecular complexity index is 1120. The molecule has 0 aliphatic heterocycles. The van der Waals surface area contributed by atoms with E-state index in [0.29, 0.717) is 10.8 Å². The SMILES string of the molecule is O=c1oc2cc(O)ccc2cc1-c1cc2ccc(O)cc2oc1=O. The molecule has 0 aliphatic carbocycles. The predicted molar refractivity (Wildman–Crippen MR) is 87.3 cm³/mol. The monoisotopic (exact) mass is 322 g/mol. The highest BCUT2D eigenvalue weighted by Gasteiger charge is 2.14. The third kappa shape index (κ3) is 2.21. The van der Waals surface area contributed by atoms with Crippen LogP contribution in [0, 0.1) is 0 Å². The first kappa shape index (κ1) is 14.1. The van der Waals surface area contributed by atoms with E-state index in [4.69, 9.17) is 8.83 Å². The van der Waals surface area contributed by atoms with Crippen molar-refractivity contribution >= 4 is 21.9 Å². The van der Waals surface area contributed by atoms with Crippen LogP contribution >= 0.6 is 0 Å². The van der Waals surface area contributed by atoms with Gasteiger partial charge in [0.15, 0.2) is 0 Å². The van der Waals surface area contributed by atoms with E-state index in [-0.39, 0.29) is 33.8 Å². The Morgan fingerprint density at radius 3 is 1.46 bits per heavy atom. The van der Waals surface area contributed by atoms with Crippen molar-refractivity contribution in [1.82, 2.24) is 0 Å². The lowest BCUT2D eigenvalue weighted by Crippen LogP contribution is -2.10. The van der Waals surface area contributed by atoms with Gasteiger partial charge in [0, 0.05) is 22.9 Å². The van der Waals surface area contributed by atoms with E-state index in [0.717, 1.165) is 0 Å². The molecule has 0 atom stereocenters. The minimum Gasteiger partial charge on any atom is -0.508 e. The fraction of sp³-hybridized carbons (Fsp3) is 0. The lowest BCUT2D eigenvalue weighted by Gasteiger charge is -2.04. The summed E-state index contributed by atoms with van der Waals surface area (Å²) in [6.45, 7) is 0. The number of rotatable bonds is 1. The average molecular weight is 322 g/mol. The second kappa shape index (κ2) is 4.99. The molecule has 0 spiro atoms. The fourth-order valence-corrected chi connectivity index (χ4v) is 2.58. The lowest BCUT2D eigenvalue weighted by atomic mass is 10.1. The number of benzene rings is 2. The summed E-state index contributed by atoms with van der Waals surface area (Å²) in [7, 11) is 0. The fourth-order valence-electron chi connectivity index (χ4n) is 2.58. The molecule has 2 heterocycles. The van der Waals surface area contributed by atoms with Crippen LogP contribution in [0.4, 0.5) is 0 Å². The Kier molecular flexibility index (Phi) is 2.93. The molecule has 0 unspecified atom stereocenters. The minimum atomic E-state index is -0.710. The Hall–Kier alpha value is -3.54. The van der Waals surface area contributed by atoms with E-state index in [1.165, 1.54) is 36.4 Å². The number of hydrogen-bond acceptors (Lipinski definition) is 6. The van der Waals surface area contributed by atoms with Gasteiger partial charge < -0.3 is 19.0 Å². The van der Waals surface area contributed by atoms with Gasteiger partial charge in [-0.15, -0.1) is 0 Å². The highest BCUT2D eigenvalue weighted by Crippen LogP contribution is 2.25. The summed E-state index contributed by atoms with van der Waals surface area (Å²) in [5.41, 5.74) is -0.844. The summed E-state index contributed by atoms with van der Waals surface area (Å²) in [6.07, 6.45) is 0. The standard InChI is InChI=1S/C18H10O6/c19-11-3-1-9-5-13(17(21)23-15(9)7-11)14-6-10-2-4-12(20)8-16(10)24-18(14)22/h1-8,19-20H. The third-order valence-electron chi connectivity index (χ3n) is 3.73. The van der Waals surface area contributed by atoms with E-state index in [1.54, 1.807) is 12.1 Å². The van der Waals surface area contributed by atoms with Crippen LogP contribution in [-0.4, -0.2) is 10.2 Å². The van der Waals surface area contributed by atoms with Crippen LogP contribution in [0.15, 0.2) is 67.0 Å². The highest BCUT2D eigenvalue weighted by molar-refractivity contribution is 5.86. The van der Waals surface area contributed by atoms with Crippen molar-refractivity contribution in [2.75, 3.05) is 0 Å². The van der Waals surface area contributed by atoms with Crippen LogP contribution in [0.1, 0.15) is 0 Å². The van der Waals surface area contributed by atoms with Crippen molar-refractivity contribution in [3.8, 4) is 22.6 Å². The molecule has 0 saturated heterocycles. The normalized spacial score (nSPS) is 11.2. The van der Waals surface area contributed by atoms with Crippen LogP contribution in [0.2, 0.25) is 0 Å². The molecule has 0 radical (unpaired) electrons. The van der Waals surface area contributed by atoms with Gasteiger partial charge >= 0.3 is 11.3 Å². The number of hydrogen-bond donors (Lipinski definition) is 2. The van der Waals surface area contributed by atoms with Gasteiger partial charge in [-0.1, -0.05) is 0 Å². The zero-order chi connectivity index (χ0) is 16.8. The molecule has 0 fully saturated rings.